The number of nitrogens with one attached hydrogen (secondary N) is 3. The molecule has 0 saturated heterocycles. The van der Waals surface area contributed by atoms with E-state index in [2.05, 4.69) is 25.9 Å². The van der Waals surface area contributed by atoms with Gasteiger partial charge >= 0.3 is 0 Å². The van der Waals surface area contributed by atoms with Gasteiger partial charge in [-0.15, -0.1) is 0 Å². The van der Waals surface area contributed by atoms with Crippen molar-refractivity contribution in [1.82, 2.24) is 15.3 Å². The van der Waals surface area contributed by atoms with Crippen LogP contribution in [0.1, 0.15) is 22.8 Å². The summed E-state index contributed by atoms with van der Waals surface area (Å²) in [5.41, 5.74) is 3.01. The number of pyridine rings is 2. The number of hydrogen-bond acceptors (Lipinski definition) is 5. The Morgan fingerprint density at radius 1 is 0.926 bits per heavy atom. The quantitative estimate of drug-likeness (QED) is 0.627. The summed E-state index contributed by atoms with van der Waals surface area (Å²) in [5, 5.41) is 8.70. The summed E-state index contributed by atoms with van der Waals surface area (Å²) in [5.74, 6) is 0.314. The average molecular weight is 361 g/mol. The Morgan fingerprint density at radius 3 is 2.26 bits per heavy atom. The molecule has 0 spiro atoms. The number of anilines is 3. The molecule has 0 saturated carbocycles. The zero-order chi connectivity index (χ0) is 19.1. The smallest absolute Gasteiger partial charge is 0.253 e. The molecule has 0 aliphatic rings. The molecule has 2 amide bonds. The molecule has 0 unspecified atom stereocenters. The standard InChI is InChI=1S/C20H19N5O2/c1-14(26)24-17-3-5-18(6-4-17)25-19-7-2-16(13-22-19)20(27)23-12-15-8-10-21-11-9-15/h2-11,13H,12H2,1H3,(H,22,25)(H,23,27)(H,24,26). The fourth-order valence-electron chi connectivity index (χ4n) is 2.38. The van der Waals surface area contributed by atoms with Crippen LogP contribution in [0.25, 0.3) is 0 Å². The third-order valence-electron chi connectivity index (χ3n) is 3.71. The average Bonchev–Trinajstić information content (AvgIpc) is 2.69. The number of benzene rings is 1. The zero-order valence-electron chi connectivity index (χ0n) is 14.8. The highest BCUT2D eigenvalue weighted by molar-refractivity contribution is 5.94. The molecule has 0 radical (unpaired) electrons. The molecule has 0 fully saturated rings. The van der Waals surface area contributed by atoms with Crippen molar-refractivity contribution in [3.63, 3.8) is 0 Å². The molecule has 136 valence electrons. The highest BCUT2D eigenvalue weighted by Crippen LogP contribution is 2.17. The van der Waals surface area contributed by atoms with Crippen LogP contribution in [-0.4, -0.2) is 21.8 Å². The Morgan fingerprint density at radius 2 is 1.63 bits per heavy atom. The maximum atomic E-state index is 12.2. The van der Waals surface area contributed by atoms with Crippen LogP contribution in [-0.2, 0) is 11.3 Å². The molecule has 2 heterocycles. The van der Waals surface area contributed by atoms with E-state index >= 15 is 0 Å². The second-order valence-corrected chi connectivity index (χ2v) is 5.85. The van der Waals surface area contributed by atoms with E-state index in [4.69, 9.17) is 0 Å². The van der Waals surface area contributed by atoms with Crippen molar-refractivity contribution >= 4 is 29.0 Å². The summed E-state index contributed by atoms with van der Waals surface area (Å²) in [7, 11) is 0. The van der Waals surface area contributed by atoms with Gasteiger partial charge in [0.15, 0.2) is 0 Å². The highest BCUT2D eigenvalue weighted by atomic mass is 16.2. The first-order valence-corrected chi connectivity index (χ1v) is 8.38. The fourth-order valence-corrected chi connectivity index (χ4v) is 2.38. The van der Waals surface area contributed by atoms with E-state index in [0.29, 0.717) is 17.9 Å². The number of amides is 2. The topological polar surface area (TPSA) is 96.0 Å². The minimum atomic E-state index is -0.189. The first-order valence-electron chi connectivity index (χ1n) is 8.38. The van der Waals surface area contributed by atoms with Gasteiger partial charge in [-0.05, 0) is 54.1 Å². The molecule has 0 aliphatic heterocycles. The Balaban J connectivity index is 1.56. The molecule has 1 aromatic carbocycles. The van der Waals surface area contributed by atoms with E-state index in [1.165, 1.54) is 13.1 Å². The van der Waals surface area contributed by atoms with E-state index in [1.54, 1.807) is 36.7 Å². The van der Waals surface area contributed by atoms with Gasteiger partial charge in [0.25, 0.3) is 5.91 Å². The molecular formula is C20H19N5O2. The zero-order valence-corrected chi connectivity index (χ0v) is 14.8. The monoisotopic (exact) mass is 361 g/mol. The largest absolute Gasteiger partial charge is 0.348 e. The molecule has 2 aromatic heterocycles. The first-order chi connectivity index (χ1) is 13.1. The van der Waals surface area contributed by atoms with E-state index in [0.717, 1.165) is 16.9 Å². The highest BCUT2D eigenvalue weighted by Gasteiger charge is 2.06. The van der Waals surface area contributed by atoms with Gasteiger partial charge in [-0.2, -0.15) is 0 Å². The third kappa shape index (κ3) is 5.37. The van der Waals surface area contributed by atoms with E-state index in [9.17, 15) is 9.59 Å². The minimum Gasteiger partial charge on any atom is -0.348 e. The SMILES string of the molecule is CC(=O)Nc1ccc(Nc2ccc(C(=O)NCc3ccncc3)cn2)cc1. The van der Waals surface area contributed by atoms with Gasteiger partial charge in [-0.25, -0.2) is 4.98 Å². The molecule has 0 bridgehead atoms. The molecule has 7 heteroatoms. The van der Waals surface area contributed by atoms with Gasteiger partial charge in [0, 0.05) is 43.4 Å². The van der Waals surface area contributed by atoms with Crippen molar-refractivity contribution in [2.45, 2.75) is 13.5 Å². The number of nitrogens with zero attached hydrogens (tertiary/aromatic N) is 2. The number of carbonyl (C=O) groups excluding carboxylic acids is 2. The van der Waals surface area contributed by atoms with Gasteiger partial charge in [-0.3, -0.25) is 14.6 Å². The van der Waals surface area contributed by atoms with Crippen LogP contribution in [0.2, 0.25) is 0 Å². The van der Waals surface area contributed by atoms with Crippen LogP contribution in [0.5, 0.6) is 0 Å². The van der Waals surface area contributed by atoms with Gasteiger partial charge < -0.3 is 16.0 Å². The van der Waals surface area contributed by atoms with E-state index < -0.39 is 0 Å². The second kappa shape index (κ2) is 8.57. The normalized spacial score (nSPS) is 10.1. The lowest BCUT2D eigenvalue weighted by Crippen LogP contribution is -2.22. The number of carbonyl (C=O) groups is 2. The van der Waals surface area contributed by atoms with Crippen molar-refractivity contribution in [2.24, 2.45) is 0 Å². The molecule has 3 aromatic rings. The Bertz CT molecular complexity index is 909. The summed E-state index contributed by atoms with van der Waals surface area (Å²) in [6.07, 6.45) is 4.90. The van der Waals surface area contributed by atoms with Gasteiger partial charge in [0.05, 0.1) is 5.56 Å². The first kappa shape index (κ1) is 18.1. The molecule has 27 heavy (non-hydrogen) atoms. The van der Waals surface area contributed by atoms with Crippen LogP contribution in [0, 0.1) is 0 Å². The number of hydrogen-bond donors (Lipinski definition) is 3. The molecule has 7 nitrogen and oxygen atoms in total. The van der Waals surface area contributed by atoms with E-state index in [1.807, 2.05) is 24.3 Å². The lowest BCUT2D eigenvalue weighted by molar-refractivity contribution is -0.114. The number of aromatic nitrogens is 2. The molecular weight excluding hydrogens is 342 g/mol. The van der Waals surface area contributed by atoms with E-state index in [-0.39, 0.29) is 11.8 Å². The number of rotatable bonds is 6. The van der Waals surface area contributed by atoms with Crippen molar-refractivity contribution in [2.75, 3.05) is 10.6 Å². The van der Waals surface area contributed by atoms with Crippen molar-refractivity contribution < 1.29 is 9.59 Å². The lowest BCUT2D eigenvalue weighted by Gasteiger charge is -2.08. The van der Waals surface area contributed by atoms with Crippen molar-refractivity contribution in [3.8, 4) is 0 Å². The third-order valence-corrected chi connectivity index (χ3v) is 3.71. The molecule has 0 aliphatic carbocycles. The van der Waals surface area contributed by atoms with Crippen LogP contribution >= 0.6 is 0 Å². The van der Waals surface area contributed by atoms with Crippen molar-refractivity contribution in [1.29, 1.82) is 0 Å². The Kier molecular flexibility index (Phi) is 5.73. The summed E-state index contributed by atoms with van der Waals surface area (Å²) in [4.78, 5) is 31.4. The second-order valence-electron chi connectivity index (χ2n) is 5.85. The summed E-state index contributed by atoms with van der Waals surface area (Å²) in [6, 6.07) is 14.4. The van der Waals surface area contributed by atoms with Crippen LogP contribution in [0.3, 0.4) is 0 Å². The maximum Gasteiger partial charge on any atom is 0.253 e. The molecule has 0 atom stereocenters. The van der Waals surface area contributed by atoms with Crippen LogP contribution in [0.15, 0.2) is 67.1 Å². The van der Waals surface area contributed by atoms with Gasteiger partial charge in [0.2, 0.25) is 5.91 Å². The minimum absolute atomic E-state index is 0.116. The van der Waals surface area contributed by atoms with Crippen LogP contribution < -0.4 is 16.0 Å². The van der Waals surface area contributed by atoms with Crippen LogP contribution in [0.4, 0.5) is 17.2 Å². The van der Waals surface area contributed by atoms with Gasteiger partial charge in [0.1, 0.15) is 5.82 Å². The Labute approximate surface area is 156 Å². The van der Waals surface area contributed by atoms with Gasteiger partial charge in [-0.1, -0.05) is 0 Å². The molecule has 3 N–H and O–H groups in total. The lowest BCUT2D eigenvalue weighted by atomic mass is 10.2. The summed E-state index contributed by atoms with van der Waals surface area (Å²) >= 11 is 0. The Hall–Kier alpha value is -3.74. The fraction of sp³-hybridized carbons (Fsp3) is 0.100. The maximum absolute atomic E-state index is 12.2. The predicted molar refractivity (Wildman–Crippen MR) is 104 cm³/mol. The summed E-state index contributed by atoms with van der Waals surface area (Å²) < 4.78 is 0. The summed E-state index contributed by atoms with van der Waals surface area (Å²) in [6.45, 7) is 1.90. The predicted octanol–water partition coefficient (Wildman–Crippen LogP) is 3.11. The molecule has 3 rings (SSSR count). The van der Waals surface area contributed by atoms with Crippen molar-refractivity contribution in [3.05, 3.63) is 78.2 Å².